The molecule has 1 saturated heterocycles. The Balaban J connectivity index is 1.97. The van der Waals surface area contributed by atoms with Crippen molar-refractivity contribution >= 4 is 5.91 Å². The summed E-state index contributed by atoms with van der Waals surface area (Å²) in [4.78, 5) is 12.2. The number of hydrogen-bond donors (Lipinski definition) is 2. The number of nitrogens with one attached hydrogen (secondary N) is 2. The van der Waals surface area contributed by atoms with Crippen molar-refractivity contribution < 1.29 is 14.3 Å². The van der Waals surface area contributed by atoms with Crippen molar-refractivity contribution in [3.05, 3.63) is 29.8 Å². The van der Waals surface area contributed by atoms with E-state index < -0.39 is 0 Å². The van der Waals surface area contributed by atoms with E-state index in [1.54, 1.807) is 14.2 Å². The van der Waals surface area contributed by atoms with Gasteiger partial charge in [0.1, 0.15) is 5.75 Å². The first kappa shape index (κ1) is 14.8. The van der Waals surface area contributed by atoms with Crippen molar-refractivity contribution in [2.24, 2.45) is 0 Å². The smallest absolute Gasteiger partial charge is 0.237 e. The molecule has 1 aromatic rings. The lowest BCUT2D eigenvalue weighted by molar-refractivity contribution is -0.123. The Morgan fingerprint density at radius 2 is 2.15 bits per heavy atom. The highest BCUT2D eigenvalue weighted by Gasteiger charge is 2.30. The van der Waals surface area contributed by atoms with E-state index in [-0.39, 0.29) is 24.1 Å². The molecule has 1 aromatic carbocycles. The summed E-state index contributed by atoms with van der Waals surface area (Å²) in [5, 5.41) is 6.19. The highest BCUT2D eigenvalue weighted by atomic mass is 16.5. The van der Waals surface area contributed by atoms with Gasteiger partial charge in [-0.05, 0) is 19.4 Å². The largest absolute Gasteiger partial charge is 0.496 e. The van der Waals surface area contributed by atoms with Crippen LogP contribution in [0.2, 0.25) is 0 Å². The van der Waals surface area contributed by atoms with Crippen LogP contribution in [-0.4, -0.2) is 38.8 Å². The molecule has 1 fully saturated rings. The molecular formula is C15H22N2O3. The van der Waals surface area contributed by atoms with Crippen LogP contribution in [0.15, 0.2) is 24.3 Å². The Bertz CT molecular complexity index is 464. The van der Waals surface area contributed by atoms with Crippen LogP contribution in [0.1, 0.15) is 24.9 Å². The standard InChI is InChI=1S/C15H22N2O3/c1-10(12-6-4-5-7-14(12)20-3)17-15(18)13-8-11(19-2)9-16-13/h4-7,10-11,13,16H,8-9H2,1-3H3,(H,17,18)/t10-,11?,13?/m1/s1. The van der Waals surface area contributed by atoms with Crippen molar-refractivity contribution in [2.45, 2.75) is 31.5 Å². The van der Waals surface area contributed by atoms with Crippen LogP contribution in [0.5, 0.6) is 5.75 Å². The van der Waals surface area contributed by atoms with E-state index in [0.717, 1.165) is 17.9 Å². The third kappa shape index (κ3) is 3.29. The van der Waals surface area contributed by atoms with Gasteiger partial charge in [0.05, 0.1) is 25.3 Å². The van der Waals surface area contributed by atoms with E-state index in [2.05, 4.69) is 10.6 Å². The molecule has 0 saturated carbocycles. The van der Waals surface area contributed by atoms with Crippen molar-refractivity contribution in [1.29, 1.82) is 0 Å². The highest BCUT2D eigenvalue weighted by Crippen LogP contribution is 2.24. The Morgan fingerprint density at radius 3 is 2.80 bits per heavy atom. The molecule has 1 aliphatic heterocycles. The summed E-state index contributed by atoms with van der Waals surface area (Å²) in [7, 11) is 3.30. The fraction of sp³-hybridized carbons (Fsp3) is 0.533. The number of hydrogen-bond acceptors (Lipinski definition) is 4. The summed E-state index contributed by atoms with van der Waals surface area (Å²) in [5.74, 6) is 0.789. The van der Waals surface area contributed by atoms with Gasteiger partial charge in [0.15, 0.2) is 0 Å². The SMILES string of the molecule is COc1ccccc1[C@@H](C)NC(=O)C1CC(OC)CN1. The summed E-state index contributed by atoms with van der Waals surface area (Å²) in [6, 6.07) is 7.43. The molecule has 2 unspecified atom stereocenters. The Labute approximate surface area is 119 Å². The minimum atomic E-state index is -0.183. The Kier molecular flexibility index (Phi) is 4.98. The van der Waals surface area contributed by atoms with Gasteiger partial charge in [-0.15, -0.1) is 0 Å². The first-order valence-corrected chi connectivity index (χ1v) is 6.85. The minimum absolute atomic E-state index is 0.00274. The zero-order valence-electron chi connectivity index (χ0n) is 12.2. The van der Waals surface area contributed by atoms with Crippen LogP contribution in [-0.2, 0) is 9.53 Å². The normalized spacial score (nSPS) is 23.4. The summed E-state index contributed by atoms with van der Waals surface area (Å²) in [6.07, 6.45) is 0.827. The maximum atomic E-state index is 12.2. The minimum Gasteiger partial charge on any atom is -0.496 e. The lowest BCUT2D eigenvalue weighted by Gasteiger charge is -2.19. The molecule has 1 aliphatic rings. The average Bonchev–Trinajstić information content (AvgIpc) is 2.96. The fourth-order valence-corrected chi connectivity index (χ4v) is 2.50. The molecule has 3 atom stereocenters. The monoisotopic (exact) mass is 278 g/mol. The zero-order chi connectivity index (χ0) is 14.5. The van der Waals surface area contributed by atoms with Gasteiger partial charge in [-0.25, -0.2) is 0 Å². The van der Waals surface area contributed by atoms with Crippen molar-refractivity contribution in [3.8, 4) is 5.75 Å². The van der Waals surface area contributed by atoms with Gasteiger partial charge in [0, 0.05) is 19.2 Å². The van der Waals surface area contributed by atoms with Crippen LogP contribution in [0.25, 0.3) is 0 Å². The number of para-hydroxylation sites is 1. The molecule has 1 heterocycles. The van der Waals surface area contributed by atoms with Gasteiger partial charge in [-0.2, -0.15) is 0 Å². The van der Waals surface area contributed by atoms with Gasteiger partial charge in [-0.3, -0.25) is 4.79 Å². The first-order valence-electron chi connectivity index (χ1n) is 6.85. The molecule has 2 N–H and O–H groups in total. The number of amides is 1. The van der Waals surface area contributed by atoms with E-state index in [9.17, 15) is 4.79 Å². The van der Waals surface area contributed by atoms with Crippen LogP contribution >= 0.6 is 0 Å². The molecule has 1 amide bonds. The highest BCUT2D eigenvalue weighted by molar-refractivity contribution is 5.82. The molecule has 110 valence electrons. The third-order valence-corrected chi connectivity index (χ3v) is 3.70. The second-order valence-electron chi connectivity index (χ2n) is 5.03. The molecule has 20 heavy (non-hydrogen) atoms. The Hall–Kier alpha value is -1.59. The summed E-state index contributed by atoms with van der Waals surface area (Å²) >= 11 is 0. The van der Waals surface area contributed by atoms with Crippen LogP contribution in [0.4, 0.5) is 0 Å². The van der Waals surface area contributed by atoms with Crippen LogP contribution in [0.3, 0.4) is 0 Å². The van der Waals surface area contributed by atoms with E-state index in [4.69, 9.17) is 9.47 Å². The maximum absolute atomic E-state index is 12.2. The second-order valence-corrected chi connectivity index (χ2v) is 5.03. The fourth-order valence-electron chi connectivity index (χ4n) is 2.50. The van der Waals surface area contributed by atoms with E-state index in [1.165, 1.54) is 0 Å². The average molecular weight is 278 g/mol. The quantitative estimate of drug-likeness (QED) is 0.851. The van der Waals surface area contributed by atoms with Gasteiger partial charge < -0.3 is 20.1 Å². The number of carbonyl (C=O) groups is 1. The predicted octanol–water partition coefficient (Wildman–Crippen LogP) is 1.25. The number of rotatable bonds is 5. The van der Waals surface area contributed by atoms with E-state index in [0.29, 0.717) is 6.42 Å². The third-order valence-electron chi connectivity index (χ3n) is 3.70. The van der Waals surface area contributed by atoms with Crippen molar-refractivity contribution in [3.63, 3.8) is 0 Å². The van der Waals surface area contributed by atoms with Gasteiger partial charge >= 0.3 is 0 Å². The molecule has 0 bridgehead atoms. The first-order chi connectivity index (χ1) is 9.65. The predicted molar refractivity (Wildman–Crippen MR) is 76.8 cm³/mol. The summed E-state index contributed by atoms with van der Waals surface area (Å²) in [6.45, 7) is 2.68. The van der Waals surface area contributed by atoms with Crippen LogP contribution in [0, 0.1) is 0 Å². The summed E-state index contributed by atoms with van der Waals surface area (Å²) in [5.41, 5.74) is 0.977. The van der Waals surface area contributed by atoms with E-state index in [1.807, 2.05) is 31.2 Å². The number of benzene rings is 1. The topological polar surface area (TPSA) is 59.6 Å². The molecule has 2 rings (SSSR count). The van der Waals surface area contributed by atoms with Gasteiger partial charge in [0.25, 0.3) is 0 Å². The number of ether oxygens (including phenoxy) is 2. The zero-order valence-corrected chi connectivity index (χ0v) is 12.2. The number of methoxy groups -OCH3 is 2. The molecule has 0 radical (unpaired) electrons. The van der Waals surface area contributed by atoms with Crippen molar-refractivity contribution in [1.82, 2.24) is 10.6 Å². The molecule has 5 heteroatoms. The molecular weight excluding hydrogens is 256 g/mol. The number of carbonyl (C=O) groups excluding carboxylic acids is 1. The Morgan fingerprint density at radius 1 is 1.40 bits per heavy atom. The molecule has 0 aromatic heterocycles. The van der Waals surface area contributed by atoms with E-state index >= 15 is 0 Å². The molecule has 0 aliphatic carbocycles. The second kappa shape index (κ2) is 6.72. The lowest BCUT2D eigenvalue weighted by Crippen LogP contribution is -2.41. The lowest BCUT2D eigenvalue weighted by atomic mass is 10.1. The van der Waals surface area contributed by atoms with Crippen molar-refractivity contribution in [2.75, 3.05) is 20.8 Å². The molecule has 0 spiro atoms. The van der Waals surface area contributed by atoms with Crippen LogP contribution < -0.4 is 15.4 Å². The summed E-state index contributed by atoms with van der Waals surface area (Å²) < 4.78 is 10.6. The van der Waals surface area contributed by atoms with Gasteiger partial charge in [0.2, 0.25) is 5.91 Å². The van der Waals surface area contributed by atoms with Gasteiger partial charge in [-0.1, -0.05) is 18.2 Å². The maximum Gasteiger partial charge on any atom is 0.237 e. The molecule has 5 nitrogen and oxygen atoms in total.